The first kappa shape index (κ1) is 31.2. The Labute approximate surface area is 244 Å². The van der Waals surface area contributed by atoms with Gasteiger partial charge in [0.1, 0.15) is 12.5 Å². The van der Waals surface area contributed by atoms with E-state index in [4.69, 9.17) is 14.2 Å². The van der Waals surface area contributed by atoms with Gasteiger partial charge in [-0.2, -0.15) is 18.3 Å². The summed E-state index contributed by atoms with van der Waals surface area (Å²) < 4.78 is 84.8. The predicted octanol–water partition coefficient (Wildman–Crippen LogP) is 4.19. The van der Waals surface area contributed by atoms with Crippen LogP contribution >= 0.6 is 0 Å². The number of carbonyl (C=O) groups is 1. The summed E-state index contributed by atoms with van der Waals surface area (Å²) in [4.78, 5) is 14.7. The fraction of sp³-hybridized carbons (Fsp3) is 0.704. The maximum absolute atomic E-state index is 13.3. The summed E-state index contributed by atoms with van der Waals surface area (Å²) in [5, 5.41) is 5.46. The summed E-state index contributed by atoms with van der Waals surface area (Å²) in [6, 6.07) is 2.98. The van der Waals surface area contributed by atoms with Crippen LogP contribution in [0, 0.1) is 0 Å². The van der Waals surface area contributed by atoms with E-state index in [0.29, 0.717) is 19.1 Å². The molecular formula is C27H39F3N4O6SSi. The molecule has 1 N–H and O–H groups in total. The molecule has 15 heteroatoms. The minimum Gasteiger partial charge on any atom is -0.483 e. The fourth-order valence-corrected chi connectivity index (χ4v) is 7.54. The number of hydrogen-bond donors (Lipinski definition) is 1. The number of nitrogens with zero attached hydrogens (tertiary/aromatic N) is 3. The zero-order chi connectivity index (χ0) is 30.3. The monoisotopic (exact) mass is 632 g/mol. The Morgan fingerprint density at radius 1 is 1.14 bits per heavy atom. The minimum atomic E-state index is -5.58. The maximum Gasteiger partial charge on any atom is 0.511 e. The molecule has 0 radical (unpaired) electrons. The Hall–Kier alpha value is -2.20. The number of rotatable bonds is 7. The number of aromatic nitrogens is 2. The van der Waals surface area contributed by atoms with Crippen LogP contribution in [0.1, 0.15) is 43.6 Å². The lowest BCUT2D eigenvalue weighted by molar-refractivity contribution is -0.136. The van der Waals surface area contributed by atoms with E-state index < -0.39 is 41.6 Å². The molecular weight excluding hydrogens is 593 g/mol. The highest BCUT2D eigenvalue weighted by Gasteiger charge is 2.50. The molecule has 0 spiro atoms. The van der Waals surface area contributed by atoms with Crippen LogP contribution in [-0.4, -0.2) is 87.1 Å². The first-order valence-electron chi connectivity index (χ1n) is 14.4. The van der Waals surface area contributed by atoms with Crippen molar-refractivity contribution in [1.29, 1.82) is 0 Å². The SMILES string of the molecule is C[Si](C)(C)CCOCn1ncc2cc3c(cc21)OCC(=O)N1CC[C@H](NS(=O)(=O)C(F)(F)F)[C@@H]1COC1CCC3CC1. The quantitative estimate of drug-likeness (QED) is 0.360. The molecule has 4 heterocycles. The number of carbonyl (C=O) groups excluding carboxylic acids is 1. The number of amides is 1. The number of ether oxygens (including phenoxy) is 3. The highest BCUT2D eigenvalue weighted by Crippen LogP contribution is 2.41. The van der Waals surface area contributed by atoms with Gasteiger partial charge in [0.2, 0.25) is 0 Å². The molecule has 2 atom stereocenters. The number of alkyl halides is 3. The van der Waals surface area contributed by atoms with E-state index in [1.807, 2.05) is 6.07 Å². The molecule has 42 heavy (non-hydrogen) atoms. The van der Waals surface area contributed by atoms with Crippen molar-refractivity contribution in [3.05, 3.63) is 23.9 Å². The zero-order valence-corrected chi connectivity index (χ0v) is 26.0. The second-order valence-corrected chi connectivity index (χ2v) is 20.0. The second-order valence-electron chi connectivity index (χ2n) is 12.7. The second kappa shape index (κ2) is 12.1. The molecule has 3 aliphatic heterocycles. The smallest absolute Gasteiger partial charge is 0.483 e. The Kier molecular flexibility index (Phi) is 8.97. The third-order valence-corrected chi connectivity index (χ3v) is 11.4. The Bertz CT molecular complexity index is 1390. The molecule has 234 valence electrons. The maximum atomic E-state index is 13.3. The van der Waals surface area contributed by atoms with Gasteiger partial charge in [-0.25, -0.2) is 17.8 Å². The van der Waals surface area contributed by atoms with Gasteiger partial charge in [-0.15, -0.1) is 0 Å². The van der Waals surface area contributed by atoms with Crippen LogP contribution in [0.5, 0.6) is 5.75 Å². The average Bonchev–Trinajstić information content (AvgIpc) is 3.49. The lowest BCUT2D eigenvalue weighted by Crippen LogP contribution is -2.52. The third-order valence-electron chi connectivity index (χ3n) is 8.43. The van der Waals surface area contributed by atoms with Gasteiger partial charge in [0, 0.05) is 38.7 Å². The highest BCUT2D eigenvalue weighted by atomic mass is 32.2. The van der Waals surface area contributed by atoms with Gasteiger partial charge in [0.05, 0.1) is 30.5 Å². The van der Waals surface area contributed by atoms with E-state index in [1.165, 1.54) is 4.90 Å². The number of fused-ring (bicyclic) bond motifs is 6. The molecule has 0 unspecified atom stereocenters. The first-order chi connectivity index (χ1) is 19.7. The van der Waals surface area contributed by atoms with Gasteiger partial charge >= 0.3 is 15.5 Å². The molecule has 1 aromatic heterocycles. The Balaban J connectivity index is 1.38. The van der Waals surface area contributed by atoms with Crippen LogP contribution < -0.4 is 9.46 Å². The van der Waals surface area contributed by atoms with Crippen LogP contribution in [0.15, 0.2) is 18.3 Å². The van der Waals surface area contributed by atoms with Crippen molar-refractivity contribution >= 4 is 34.9 Å². The van der Waals surface area contributed by atoms with E-state index in [1.54, 1.807) is 15.6 Å². The Morgan fingerprint density at radius 3 is 2.57 bits per heavy atom. The molecule has 1 aliphatic carbocycles. The van der Waals surface area contributed by atoms with Gasteiger partial charge in [-0.3, -0.25) is 4.79 Å². The summed E-state index contributed by atoms with van der Waals surface area (Å²) in [5.41, 5.74) is -3.64. The lowest BCUT2D eigenvalue weighted by atomic mass is 9.82. The van der Waals surface area contributed by atoms with E-state index >= 15 is 0 Å². The summed E-state index contributed by atoms with van der Waals surface area (Å²) in [6.07, 6.45) is 4.78. The topological polar surface area (TPSA) is 112 Å². The normalized spacial score (nSPS) is 25.9. The van der Waals surface area contributed by atoms with Gasteiger partial charge in [-0.05, 0) is 55.7 Å². The standard InChI is InChI=1S/C27H39F3N4O6SSi/c1-42(2,3)11-10-38-17-34-23-13-25-21(12-19(23)14-31-34)18-4-6-20(7-5-18)39-15-24-22(32-41(36,37)27(28,29)30)8-9-33(24)26(35)16-40-25/h12-14,18,20,22,24,32H,4-11,15-17H2,1-3H3/t18?,20?,22-,24-/m0/s1. The molecule has 6 rings (SSSR count). The molecule has 1 aromatic carbocycles. The summed E-state index contributed by atoms with van der Waals surface area (Å²) in [7, 11) is -6.82. The number of nitrogens with one attached hydrogen (secondary N) is 1. The van der Waals surface area contributed by atoms with Crippen molar-refractivity contribution in [3.8, 4) is 5.75 Å². The van der Waals surface area contributed by atoms with E-state index in [2.05, 4.69) is 30.8 Å². The van der Waals surface area contributed by atoms with Gasteiger partial charge in [0.25, 0.3) is 5.91 Å². The predicted molar refractivity (Wildman–Crippen MR) is 152 cm³/mol. The largest absolute Gasteiger partial charge is 0.511 e. The lowest BCUT2D eigenvalue weighted by Gasteiger charge is -2.32. The van der Waals surface area contributed by atoms with Crippen LogP contribution in [0.4, 0.5) is 13.2 Å². The summed E-state index contributed by atoms with van der Waals surface area (Å²) >= 11 is 0. The van der Waals surface area contributed by atoms with Crippen molar-refractivity contribution in [2.24, 2.45) is 0 Å². The zero-order valence-electron chi connectivity index (χ0n) is 24.2. The molecule has 2 aromatic rings. The molecule has 1 saturated heterocycles. The van der Waals surface area contributed by atoms with Crippen LogP contribution in [0.2, 0.25) is 25.7 Å². The van der Waals surface area contributed by atoms with Crippen molar-refractivity contribution in [2.45, 2.75) is 94.1 Å². The Morgan fingerprint density at radius 2 is 1.88 bits per heavy atom. The number of halogens is 3. The van der Waals surface area contributed by atoms with Gasteiger partial charge < -0.3 is 19.1 Å². The molecule has 2 bridgehead atoms. The summed E-state index contributed by atoms with van der Waals surface area (Å²) in [6.45, 7) is 7.49. The fourth-order valence-electron chi connectivity index (χ4n) is 5.97. The molecule has 10 nitrogen and oxygen atoms in total. The molecule has 2 fully saturated rings. The molecule has 1 amide bonds. The van der Waals surface area contributed by atoms with E-state index in [-0.39, 0.29) is 38.2 Å². The first-order valence-corrected chi connectivity index (χ1v) is 19.6. The average molecular weight is 633 g/mol. The van der Waals surface area contributed by atoms with Gasteiger partial charge in [-0.1, -0.05) is 19.6 Å². The van der Waals surface area contributed by atoms with Crippen LogP contribution in [0.25, 0.3) is 10.9 Å². The number of sulfonamides is 1. The van der Waals surface area contributed by atoms with Crippen molar-refractivity contribution in [2.75, 3.05) is 26.4 Å². The molecule has 1 saturated carbocycles. The van der Waals surface area contributed by atoms with Crippen LogP contribution in [-0.2, 0) is 31.0 Å². The van der Waals surface area contributed by atoms with E-state index in [0.717, 1.165) is 48.2 Å². The third kappa shape index (κ3) is 6.95. The van der Waals surface area contributed by atoms with Crippen molar-refractivity contribution in [3.63, 3.8) is 0 Å². The van der Waals surface area contributed by atoms with Gasteiger partial charge in [0.15, 0.2) is 6.61 Å². The van der Waals surface area contributed by atoms with E-state index in [9.17, 15) is 26.4 Å². The number of hydrogen-bond acceptors (Lipinski definition) is 7. The van der Waals surface area contributed by atoms with Crippen molar-refractivity contribution in [1.82, 2.24) is 19.4 Å². The minimum absolute atomic E-state index is 0.0376. The van der Waals surface area contributed by atoms with Crippen molar-refractivity contribution < 1.29 is 40.6 Å². The number of benzene rings is 1. The van der Waals surface area contributed by atoms with Crippen LogP contribution in [0.3, 0.4) is 0 Å². The summed E-state index contributed by atoms with van der Waals surface area (Å²) in [5.74, 6) is 0.300. The molecule has 4 aliphatic rings. The highest BCUT2D eigenvalue weighted by molar-refractivity contribution is 7.90.